The predicted octanol–water partition coefficient (Wildman–Crippen LogP) is 2.36. The van der Waals surface area contributed by atoms with Gasteiger partial charge in [-0.15, -0.1) is 0 Å². The van der Waals surface area contributed by atoms with Crippen LogP contribution in [0.1, 0.15) is 19.4 Å². The van der Waals surface area contributed by atoms with E-state index in [9.17, 15) is 4.39 Å². The number of fused-ring (bicyclic) bond motifs is 1. The van der Waals surface area contributed by atoms with E-state index in [1.807, 2.05) is 32.0 Å². The molecule has 0 N–H and O–H groups in total. The molecule has 0 amide bonds. The highest BCUT2D eigenvalue weighted by molar-refractivity contribution is 5.14. The van der Waals surface area contributed by atoms with Gasteiger partial charge in [-0.05, 0) is 19.4 Å². The average Bonchev–Trinajstić information content (AvgIpc) is 2.65. The molecule has 0 saturated carbocycles. The normalized spacial score (nSPS) is 34.2. The van der Waals surface area contributed by atoms with Crippen molar-refractivity contribution in [2.75, 3.05) is 13.1 Å². The molecule has 0 unspecified atom stereocenters. The van der Waals surface area contributed by atoms with E-state index in [1.54, 1.807) is 0 Å². The molecule has 3 atom stereocenters. The molecule has 19 heavy (non-hydrogen) atoms. The predicted molar refractivity (Wildman–Crippen MR) is 70.4 cm³/mol. The van der Waals surface area contributed by atoms with Crippen LogP contribution in [0.5, 0.6) is 0 Å². The fourth-order valence-electron chi connectivity index (χ4n) is 2.96. The molecule has 2 heterocycles. The molecule has 1 aromatic carbocycles. The van der Waals surface area contributed by atoms with Crippen molar-refractivity contribution in [3.8, 4) is 0 Å². The number of rotatable bonds is 2. The van der Waals surface area contributed by atoms with E-state index in [4.69, 9.17) is 9.47 Å². The Morgan fingerprint density at radius 1 is 1.21 bits per heavy atom. The van der Waals surface area contributed by atoms with Gasteiger partial charge in [0.15, 0.2) is 5.79 Å². The van der Waals surface area contributed by atoms with Gasteiger partial charge in [-0.25, -0.2) is 4.39 Å². The van der Waals surface area contributed by atoms with Gasteiger partial charge >= 0.3 is 0 Å². The largest absolute Gasteiger partial charge is 0.343 e. The maximum Gasteiger partial charge on any atom is 0.163 e. The lowest BCUT2D eigenvalue weighted by molar-refractivity contribution is -0.148. The van der Waals surface area contributed by atoms with Crippen molar-refractivity contribution in [2.45, 2.75) is 44.6 Å². The number of hydrogen-bond donors (Lipinski definition) is 0. The van der Waals surface area contributed by atoms with Crippen molar-refractivity contribution in [2.24, 2.45) is 0 Å². The summed E-state index contributed by atoms with van der Waals surface area (Å²) in [5, 5.41) is 0. The van der Waals surface area contributed by atoms with E-state index in [2.05, 4.69) is 17.0 Å². The summed E-state index contributed by atoms with van der Waals surface area (Å²) in [6.07, 6.45) is -1.56. The minimum Gasteiger partial charge on any atom is -0.343 e. The molecule has 2 aliphatic heterocycles. The fraction of sp³-hybridized carbons (Fsp3) is 0.600. The van der Waals surface area contributed by atoms with Crippen molar-refractivity contribution in [1.82, 2.24) is 4.90 Å². The molecule has 0 radical (unpaired) electrons. The molecule has 3 nitrogen and oxygen atoms in total. The minimum absolute atomic E-state index is 0.164. The molecular formula is C15H20FNO2. The zero-order chi connectivity index (χ0) is 13.5. The van der Waals surface area contributed by atoms with Crippen LogP contribution < -0.4 is 0 Å². The topological polar surface area (TPSA) is 21.7 Å². The first-order valence-electron chi connectivity index (χ1n) is 6.79. The van der Waals surface area contributed by atoms with Gasteiger partial charge < -0.3 is 9.47 Å². The Labute approximate surface area is 113 Å². The number of benzene rings is 1. The Balaban J connectivity index is 1.67. The summed E-state index contributed by atoms with van der Waals surface area (Å²) in [6.45, 7) is 5.59. The quantitative estimate of drug-likeness (QED) is 0.819. The van der Waals surface area contributed by atoms with Gasteiger partial charge in [-0.1, -0.05) is 30.3 Å². The van der Waals surface area contributed by atoms with Crippen LogP contribution in [-0.4, -0.2) is 42.2 Å². The molecule has 0 aromatic heterocycles. The molecule has 4 heteroatoms. The third kappa shape index (κ3) is 2.81. The first-order chi connectivity index (χ1) is 9.03. The Hall–Kier alpha value is -0.970. The molecule has 104 valence electrons. The second kappa shape index (κ2) is 4.85. The van der Waals surface area contributed by atoms with Crippen molar-refractivity contribution in [1.29, 1.82) is 0 Å². The van der Waals surface area contributed by atoms with Gasteiger partial charge in [0.05, 0.1) is 0 Å². The van der Waals surface area contributed by atoms with E-state index in [1.165, 1.54) is 5.56 Å². The average molecular weight is 265 g/mol. The van der Waals surface area contributed by atoms with Crippen LogP contribution in [0.15, 0.2) is 30.3 Å². The molecule has 1 aromatic rings. The Kier molecular flexibility index (Phi) is 3.33. The fourth-order valence-corrected chi connectivity index (χ4v) is 2.96. The van der Waals surface area contributed by atoms with Gasteiger partial charge in [0.2, 0.25) is 0 Å². The summed E-state index contributed by atoms with van der Waals surface area (Å²) in [4.78, 5) is 2.10. The van der Waals surface area contributed by atoms with Crippen LogP contribution in [0.25, 0.3) is 0 Å². The molecule has 2 fully saturated rings. The van der Waals surface area contributed by atoms with Crippen LogP contribution in [0.2, 0.25) is 0 Å². The molecule has 0 bridgehead atoms. The standard InChI is InChI=1S/C15H20FNO2/c1-15(2)18-13-10-17(9-12(16)14(13)19-15)8-11-6-4-3-5-7-11/h3-7,12-14H,8-10H2,1-2H3/t12-,13+,14-/m1/s1. The second-order valence-electron chi connectivity index (χ2n) is 5.83. The third-order valence-corrected chi connectivity index (χ3v) is 3.70. The highest BCUT2D eigenvalue weighted by Gasteiger charge is 2.49. The number of nitrogens with zero attached hydrogens (tertiary/aromatic N) is 1. The van der Waals surface area contributed by atoms with Crippen LogP contribution in [0.3, 0.4) is 0 Å². The summed E-state index contributed by atoms with van der Waals surface area (Å²) in [5.41, 5.74) is 1.20. The summed E-state index contributed by atoms with van der Waals surface area (Å²) in [5.74, 6) is -0.664. The second-order valence-corrected chi connectivity index (χ2v) is 5.83. The van der Waals surface area contributed by atoms with Gasteiger partial charge in [0, 0.05) is 19.6 Å². The van der Waals surface area contributed by atoms with E-state index in [0.29, 0.717) is 6.54 Å². The van der Waals surface area contributed by atoms with Crippen molar-refractivity contribution in [3.63, 3.8) is 0 Å². The van der Waals surface area contributed by atoms with Crippen LogP contribution in [0, 0.1) is 0 Å². The third-order valence-electron chi connectivity index (χ3n) is 3.70. The van der Waals surface area contributed by atoms with E-state index >= 15 is 0 Å². The summed E-state index contributed by atoms with van der Waals surface area (Å²) in [6, 6.07) is 10.1. The smallest absolute Gasteiger partial charge is 0.163 e. The van der Waals surface area contributed by atoms with Crippen LogP contribution in [-0.2, 0) is 16.0 Å². The van der Waals surface area contributed by atoms with Gasteiger partial charge in [0.25, 0.3) is 0 Å². The summed E-state index contributed by atoms with van der Waals surface area (Å²) in [7, 11) is 0. The lowest BCUT2D eigenvalue weighted by Gasteiger charge is -2.35. The van der Waals surface area contributed by atoms with Gasteiger partial charge in [-0.3, -0.25) is 4.90 Å². The molecule has 3 rings (SSSR count). The Morgan fingerprint density at radius 3 is 2.68 bits per heavy atom. The molecule has 2 aliphatic rings. The lowest BCUT2D eigenvalue weighted by Crippen LogP contribution is -2.51. The van der Waals surface area contributed by atoms with Crippen molar-refractivity contribution >= 4 is 0 Å². The monoisotopic (exact) mass is 265 g/mol. The zero-order valence-corrected chi connectivity index (χ0v) is 11.4. The molecule has 0 aliphatic carbocycles. The zero-order valence-electron chi connectivity index (χ0n) is 11.4. The van der Waals surface area contributed by atoms with E-state index in [0.717, 1.165) is 13.1 Å². The number of ether oxygens (including phenoxy) is 2. The highest BCUT2D eigenvalue weighted by Crippen LogP contribution is 2.34. The Morgan fingerprint density at radius 2 is 1.95 bits per heavy atom. The Bertz CT molecular complexity index is 437. The molecule has 2 saturated heterocycles. The van der Waals surface area contributed by atoms with E-state index in [-0.39, 0.29) is 6.10 Å². The van der Waals surface area contributed by atoms with Gasteiger partial charge in [-0.2, -0.15) is 0 Å². The summed E-state index contributed by atoms with van der Waals surface area (Å²) >= 11 is 0. The SMILES string of the molecule is CC1(C)O[C@@H]2[C@H](F)CN(Cc3ccccc3)C[C@@H]2O1. The lowest BCUT2D eigenvalue weighted by atomic mass is 10.0. The van der Waals surface area contributed by atoms with Crippen LogP contribution >= 0.6 is 0 Å². The molecule has 0 spiro atoms. The van der Waals surface area contributed by atoms with E-state index < -0.39 is 18.1 Å². The highest BCUT2D eigenvalue weighted by atomic mass is 19.1. The number of piperidine rings is 1. The summed E-state index contributed by atoms with van der Waals surface area (Å²) < 4.78 is 25.6. The number of hydrogen-bond acceptors (Lipinski definition) is 3. The number of likely N-dealkylation sites (tertiary alicyclic amines) is 1. The van der Waals surface area contributed by atoms with Crippen LogP contribution in [0.4, 0.5) is 4.39 Å². The van der Waals surface area contributed by atoms with Crippen molar-refractivity contribution in [3.05, 3.63) is 35.9 Å². The first-order valence-corrected chi connectivity index (χ1v) is 6.79. The van der Waals surface area contributed by atoms with Gasteiger partial charge in [0.1, 0.15) is 18.4 Å². The molecular weight excluding hydrogens is 245 g/mol. The number of alkyl halides is 1. The maximum absolute atomic E-state index is 14.2. The first kappa shape index (κ1) is 13.0. The number of halogens is 1. The van der Waals surface area contributed by atoms with Crippen molar-refractivity contribution < 1.29 is 13.9 Å². The maximum atomic E-state index is 14.2. The minimum atomic E-state index is -0.982.